The Kier molecular flexibility index (Phi) is 6.43. The molecule has 20 heavy (non-hydrogen) atoms. The van der Waals surface area contributed by atoms with Gasteiger partial charge in [0.05, 0.1) is 18.8 Å². The standard InChI is InChI=1S/C15H30N2O3/c1-5-19-13(18)15(4,16)8-6-7-9-17-10-11-20-14(2,3)12-17/h5-12,16H2,1-4H3. The van der Waals surface area contributed by atoms with E-state index in [0.717, 1.165) is 39.1 Å². The normalized spacial score (nSPS) is 22.2. The average Bonchev–Trinajstić information content (AvgIpc) is 2.34. The first-order chi connectivity index (χ1) is 9.27. The zero-order valence-corrected chi connectivity index (χ0v) is 13.4. The Labute approximate surface area is 122 Å². The second-order valence-corrected chi connectivity index (χ2v) is 6.48. The highest BCUT2D eigenvalue weighted by molar-refractivity contribution is 5.79. The number of carbonyl (C=O) groups is 1. The van der Waals surface area contributed by atoms with Gasteiger partial charge in [-0.05, 0) is 53.5 Å². The Morgan fingerprint density at radius 1 is 1.45 bits per heavy atom. The SMILES string of the molecule is CCOC(=O)C(C)(N)CCCCN1CCOC(C)(C)C1. The van der Waals surface area contributed by atoms with Crippen molar-refractivity contribution < 1.29 is 14.3 Å². The van der Waals surface area contributed by atoms with E-state index in [1.807, 2.05) is 0 Å². The van der Waals surface area contributed by atoms with E-state index in [4.69, 9.17) is 15.2 Å². The van der Waals surface area contributed by atoms with Crippen molar-refractivity contribution in [2.45, 2.75) is 58.1 Å². The van der Waals surface area contributed by atoms with Gasteiger partial charge in [0.15, 0.2) is 0 Å². The molecular weight excluding hydrogens is 256 g/mol. The summed E-state index contributed by atoms with van der Waals surface area (Å²) in [7, 11) is 0. The maximum absolute atomic E-state index is 11.7. The summed E-state index contributed by atoms with van der Waals surface area (Å²) in [5.74, 6) is -0.299. The van der Waals surface area contributed by atoms with Crippen molar-refractivity contribution in [3.8, 4) is 0 Å². The molecule has 0 aromatic carbocycles. The maximum Gasteiger partial charge on any atom is 0.325 e. The van der Waals surface area contributed by atoms with Crippen LogP contribution in [-0.2, 0) is 14.3 Å². The van der Waals surface area contributed by atoms with Crippen LogP contribution in [0.5, 0.6) is 0 Å². The average molecular weight is 286 g/mol. The van der Waals surface area contributed by atoms with Crippen LogP contribution in [0.4, 0.5) is 0 Å². The number of ether oxygens (including phenoxy) is 2. The molecule has 0 amide bonds. The molecule has 0 saturated carbocycles. The molecule has 5 nitrogen and oxygen atoms in total. The zero-order valence-electron chi connectivity index (χ0n) is 13.4. The third-order valence-corrected chi connectivity index (χ3v) is 3.67. The fourth-order valence-electron chi connectivity index (χ4n) is 2.53. The minimum atomic E-state index is -0.861. The summed E-state index contributed by atoms with van der Waals surface area (Å²) >= 11 is 0. The molecule has 0 aliphatic carbocycles. The highest BCUT2D eigenvalue weighted by Crippen LogP contribution is 2.18. The number of hydrogen-bond donors (Lipinski definition) is 1. The molecule has 118 valence electrons. The van der Waals surface area contributed by atoms with E-state index in [0.29, 0.717) is 13.0 Å². The number of unbranched alkanes of at least 4 members (excludes halogenated alkanes) is 1. The molecule has 5 heteroatoms. The highest BCUT2D eigenvalue weighted by Gasteiger charge is 2.30. The van der Waals surface area contributed by atoms with Gasteiger partial charge in [-0.3, -0.25) is 9.69 Å². The van der Waals surface area contributed by atoms with Crippen LogP contribution >= 0.6 is 0 Å². The number of nitrogens with two attached hydrogens (primary N) is 1. The molecule has 1 aliphatic rings. The number of esters is 1. The molecule has 1 heterocycles. The lowest BCUT2D eigenvalue weighted by Crippen LogP contribution is -2.48. The quantitative estimate of drug-likeness (QED) is 0.568. The van der Waals surface area contributed by atoms with Crippen LogP contribution < -0.4 is 5.73 Å². The molecule has 0 aromatic heterocycles. The summed E-state index contributed by atoms with van der Waals surface area (Å²) in [6, 6.07) is 0. The topological polar surface area (TPSA) is 64.8 Å². The van der Waals surface area contributed by atoms with E-state index < -0.39 is 5.54 Å². The Morgan fingerprint density at radius 2 is 2.15 bits per heavy atom. The van der Waals surface area contributed by atoms with E-state index in [-0.39, 0.29) is 11.6 Å². The molecule has 1 aliphatic heterocycles. The predicted molar refractivity (Wildman–Crippen MR) is 79.5 cm³/mol. The monoisotopic (exact) mass is 286 g/mol. The van der Waals surface area contributed by atoms with Crippen molar-refractivity contribution in [2.24, 2.45) is 5.73 Å². The van der Waals surface area contributed by atoms with Crippen LogP contribution in [0.1, 0.15) is 47.0 Å². The van der Waals surface area contributed by atoms with Gasteiger partial charge in [-0.15, -0.1) is 0 Å². The molecule has 1 saturated heterocycles. The third kappa shape index (κ3) is 5.77. The molecule has 1 atom stereocenters. The lowest BCUT2D eigenvalue weighted by Gasteiger charge is -2.38. The van der Waals surface area contributed by atoms with Crippen LogP contribution in [-0.4, -0.2) is 54.9 Å². The van der Waals surface area contributed by atoms with E-state index in [1.165, 1.54) is 0 Å². The van der Waals surface area contributed by atoms with Gasteiger partial charge in [0.1, 0.15) is 5.54 Å². The summed E-state index contributed by atoms with van der Waals surface area (Å²) in [4.78, 5) is 14.1. The lowest BCUT2D eigenvalue weighted by atomic mass is 9.96. The summed E-state index contributed by atoms with van der Waals surface area (Å²) < 4.78 is 10.7. The number of morpholine rings is 1. The Balaban J connectivity index is 2.23. The van der Waals surface area contributed by atoms with E-state index in [2.05, 4.69) is 18.7 Å². The van der Waals surface area contributed by atoms with Crippen LogP contribution in [0.2, 0.25) is 0 Å². The van der Waals surface area contributed by atoms with E-state index in [9.17, 15) is 4.79 Å². The van der Waals surface area contributed by atoms with Crippen molar-refractivity contribution in [1.82, 2.24) is 4.90 Å². The molecule has 2 N–H and O–H groups in total. The van der Waals surface area contributed by atoms with Gasteiger partial charge in [-0.1, -0.05) is 0 Å². The first-order valence-electron chi connectivity index (χ1n) is 7.59. The molecule has 0 spiro atoms. The van der Waals surface area contributed by atoms with Crippen molar-refractivity contribution in [2.75, 3.05) is 32.8 Å². The highest BCUT2D eigenvalue weighted by atomic mass is 16.5. The zero-order chi connectivity index (χ0) is 15.2. The smallest absolute Gasteiger partial charge is 0.325 e. The number of rotatable bonds is 7. The van der Waals surface area contributed by atoms with Crippen molar-refractivity contribution in [3.05, 3.63) is 0 Å². The molecule has 1 unspecified atom stereocenters. The summed E-state index contributed by atoms with van der Waals surface area (Å²) in [6.07, 6.45) is 2.64. The first-order valence-corrected chi connectivity index (χ1v) is 7.59. The van der Waals surface area contributed by atoms with Gasteiger partial charge in [0.25, 0.3) is 0 Å². The Bertz CT molecular complexity index is 316. The van der Waals surface area contributed by atoms with Gasteiger partial charge in [0, 0.05) is 13.1 Å². The Hall–Kier alpha value is -0.650. The minimum Gasteiger partial charge on any atom is -0.465 e. The minimum absolute atomic E-state index is 0.0500. The van der Waals surface area contributed by atoms with Crippen molar-refractivity contribution >= 4 is 5.97 Å². The van der Waals surface area contributed by atoms with Crippen LogP contribution in [0.15, 0.2) is 0 Å². The number of carbonyl (C=O) groups excluding carboxylic acids is 1. The van der Waals surface area contributed by atoms with E-state index >= 15 is 0 Å². The van der Waals surface area contributed by atoms with Gasteiger partial charge >= 0.3 is 5.97 Å². The summed E-state index contributed by atoms with van der Waals surface area (Å²) in [5, 5.41) is 0. The van der Waals surface area contributed by atoms with Crippen molar-refractivity contribution in [3.63, 3.8) is 0 Å². The molecule has 0 aromatic rings. The Morgan fingerprint density at radius 3 is 2.75 bits per heavy atom. The fourth-order valence-corrected chi connectivity index (χ4v) is 2.53. The summed E-state index contributed by atoms with van der Waals surface area (Å²) in [5.41, 5.74) is 5.09. The summed E-state index contributed by atoms with van der Waals surface area (Å²) in [6.45, 7) is 12.0. The third-order valence-electron chi connectivity index (χ3n) is 3.67. The lowest BCUT2D eigenvalue weighted by molar-refractivity contribution is -0.149. The molecule has 1 fully saturated rings. The first kappa shape index (κ1) is 17.4. The fraction of sp³-hybridized carbons (Fsp3) is 0.933. The second kappa shape index (κ2) is 7.38. The van der Waals surface area contributed by atoms with Crippen LogP contribution in [0, 0.1) is 0 Å². The van der Waals surface area contributed by atoms with Gasteiger partial charge in [-0.2, -0.15) is 0 Å². The van der Waals surface area contributed by atoms with Gasteiger partial charge < -0.3 is 15.2 Å². The van der Waals surface area contributed by atoms with Gasteiger partial charge in [0.2, 0.25) is 0 Å². The van der Waals surface area contributed by atoms with Crippen molar-refractivity contribution in [1.29, 1.82) is 0 Å². The molecule has 0 bridgehead atoms. The number of hydrogen-bond acceptors (Lipinski definition) is 5. The van der Waals surface area contributed by atoms with E-state index in [1.54, 1.807) is 13.8 Å². The predicted octanol–water partition coefficient (Wildman–Crippen LogP) is 1.55. The largest absolute Gasteiger partial charge is 0.465 e. The maximum atomic E-state index is 11.7. The molecule has 1 rings (SSSR count). The van der Waals surface area contributed by atoms with Crippen LogP contribution in [0.25, 0.3) is 0 Å². The molecule has 0 radical (unpaired) electrons. The van der Waals surface area contributed by atoms with Crippen LogP contribution in [0.3, 0.4) is 0 Å². The van der Waals surface area contributed by atoms with Gasteiger partial charge in [-0.25, -0.2) is 0 Å². The number of nitrogens with zero attached hydrogens (tertiary/aromatic N) is 1. The second-order valence-electron chi connectivity index (χ2n) is 6.48. The molecular formula is C15H30N2O3.